The molecule has 0 spiro atoms. The molecular weight excluding hydrogens is 672 g/mol. The summed E-state index contributed by atoms with van der Waals surface area (Å²) in [4.78, 5) is 23.4. The maximum atomic E-state index is 14.0. The molecule has 9 atom stereocenters. The Kier molecular flexibility index (Phi) is 20.4. The van der Waals surface area contributed by atoms with E-state index in [2.05, 4.69) is 66.7 Å². The Morgan fingerprint density at radius 2 is 1.57 bits per heavy atom. The second-order valence-electron chi connectivity index (χ2n) is 14.4. The van der Waals surface area contributed by atoms with Gasteiger partial charge in [0, 0.05) is 44.1 Å². The van der Waals surface area contributed by atoms with Crippen LogP contribution in [0, 0.1) is 36.5 Å². The van der Waals surface area contributed by atoms with Gasteiger partial charge >= 0.3 is 0 Å². The van der Waals surface area contributed by atoms with Crippen LogP contribution in [-0.4, -0.2) is 58.8 Å². The summed E-state index contributed by atoms with van der Waals surface area (Å²) in [6, 6.07) is 1.69. The van der Waals surface area contributed by atoms with E-state index in [4.69, 9.17) is 32.8 Å². The topological polar surface area (TPSA) is 103 Å². The summed E-state index contributed by atoms with van der Waals surface area (Å²) in [5.41, 5.74) is 1.89. The molecule has 0 aliphatic carbocycles. The molecule has 9 heteroatoms. The minimum absolute atomic E-state index is 0. The lowest BCUT2D eigenvalue weighted by Crippen LogP contribution is -2.47. The van der Waals surface area contributed by atoms with Gasteiger partial charge in [0.1, 0.15) is 22.7 Å². The standard InChI is InChI=1S/C40H60O8.C3H6O.CH4/c1-14-23(3)18-16-17-19-31(42-10)29(9)37(45-13)24(4)20-21-32-28(8)36(41)35-33(43-11)22-34(44-12)38(39(35)46-32)48-40-27(7)25(5)26(6)30(15-2)47-40;1-3(2)4;/h14,16-19,22,24-27,29-31,37,40H,15,20-21H2,1-13H3;1-2H3;1H4/b18-16+,19-17+,23-14+;;. The number of aryl methyl sites for hydroxylation is 1. The second kappa shape index (κ2) is 22.7. The maximum Gasteiger partial charge on any atom is 0.208 e. The molecule has 0 N–H and O–H groups in total. The van der Waals surface area contributed by atoms with Crippen LogP contribution in [0.1, 0.15) is 101 Å². The average molecular weight is 743 g/mol. The predicted molar refractivity (Wildman–Crippen MR) is 216 cm³/mol. The van der Waals surface area contributed by atoms with Crippen molar-refractivity contribution in [3.63, 3.8) is 0 Å². The van der Waals surface area contributed by atoms with E-state index >= 15 is 0 Å². The number of fused-ring (bicyclic) bond motifs is 1. The van der Waals surface area contributed by atoms with Crippen LogP contribution in [-0.2, 0) is 25.4 Å². The van der Waals surface area contributed by atoms with E-state index in [0.717, 1.165) is 12.8 Å². The summed E-state index contributed by atoms with van der Waals surface area (Å²) < 4.78 is 43.1. The van der Waals surface area contributed by atoms with Crippen molar-refractivity contribution < 1.29 is 37.6 Å². The largest absolute Gasteiger partial charge is 0.496 e. The Morgan fingerprint density at radius 3 is 2.09 bits per heavy atom. The van der Waals surface area contributed by atoms with Crippen molar-refractivity contribution in [2.75, 3.05) is 28.4 Å². The quantitative estimate of drug-likeness (QED) is 0.156. The Balaban J connectivity index is 0.00000267. The fourth-order valence-electron chi connectivity index (χ4n) is 6.91. The average Bonchev–Trinajstić information content (AvgIpc) is 3.12. The zero-order chi connectivity index (χ0) is 39.3. The fraction of sp³-hybridized carbons (Fsp3) is 0.636. The van der Waals surface area contributed by atoms with Gasteiger partial charge < -0.3 is 37.6 Å². The third-order valence-corrected chi connectivity index (χ3v) is 10.6. The van der Waals surface area contributed by atoms with Crippen molar-refractivity contribution >= 4 is 16.8 Å². The maximum absolute atomic E-state index is 14.0. The number of hydrogen-bond donors (Lipinski definition) is 0. The van der Waals surface area contributed by atoms with E-state index in [1.807, 2.05) is 26.0 Å². The minimum atomic E-state index is -0.531. The Bertz CT molecular complexity index is 1580. The zero-order valence-corrected chi connectivity index (χ0v) is 34.5. The number of carbonyl (C=O) groups excluding carboxylic acids is 1. The van der Waals surface area contributed by atoms with E-state index in [9.17, 15) is 9.59 Å². The van der Waals surface area contributed by atoms with Gasteiger partial charge in [-0.3, -0.25) is 4.79 Å². The fourth-order valence-corrected chi connectivity index (χ4v) is 6.91. The molecule has 9 nitrogen and oxygen atoms in total. The monoisotopic (exact) mass is 743 g/mol. The van der Waals surface area contributed by atoms with Crippen LogP contribution < -0.4 is 19.6 Å². The molecule has 0 radical (unpaired) electrons. The molecule has 1 aliphatic rings. The van der Waals surface area contributed by atoms with Crippen molar-refractivity contribution in [2.45, 2.75) is 127 Å². The van der Waals surface area contributed by atoms with Crippen LogP contribution >= 0.6 is 0 Å². The summed E-state index contributed by atoms with van der Waals surface area (Å²) in [5, 5.41) is 0.330. The van der Waals surface area contributed by atoms with Crippen LogP contribution in [0.25, 0.3) is 11.0 Å². The first-order valence-electron chi connectivity index (χ1n) is 18.7. The minimum Gasteiger partial charge on any atom is -0.496 e. The van der Waals surface area contributed by atoms with E-state index in [1.165, 1.54) is 26.5 Å². The van der Waals surface area contributed by atoms with Gasteiger partial charge in [0.15, 0.2) is 16.8 Å². The lowest BCUT2D eigenvalue weighted by molar-refractivity contribution is -0.212. The number of Topliss-reactive ketones (excluding diaryl/α,β-unsaturated/α-hetero) is 1. The normalized spacial score (nSPS) is 22.8. The van der Waals surface area contributed by atoms with Crippen LogP contribution in [0.3, 0.4) is 0 Å². The second-order valence-corrected chi connectivity index (χ2v) is 14.4. The van der Waals surface area contributed by atoms with Crippen molar-refractivity contribution in [1.29, 1.82) is 0 Å². The SMILES string of the molecule is C.C/C=C(C)/C=C/C=C/C(OC)C(C)C(OC)C(C)CCc1oc2c(OC3OC(CC)C(C)C(C)C3C)c(OC)cc(OC)c2c(=O)c1C.CC(C)=O. The number of allylic oxidation sites excluding steroid dienone is 5. The van der Waals surface area contributed by atoms with E-state index < -0.39 is 6.29 Å². The molecule has 0 bridgehead atoms. The van der Waals surface area contributed by atoms with E-state index in [-0.39, 0.29) is 54.7 Å². The van der Waals surface area contributed by atoms with Gasteiger partial charge in [-0.1, -0.05) is 84.9 Å². The lowest BCUT2D eigenvalue weighted by atomic mass is 9.78. The lowest BCUT2D eigenvalue weighted by Gasteiger charge is -2.43. The van der Waals surface area contributed by atoms with Crippen LogP contribution in [0.5, 0.6) is 17.2 Å². The number of rotatable bonds is 16. The first kappa shape index (κ1) is 47.6. The molecule has 1 aliphatic heterocycles. The number of ether oxygens (including phenoxy) is 6. The molecule has 0 saturated carbocycles. The summed E-state index contributed by atoms with van der Waals surface area (Å²) in [6.07, 6.45) is 11.7. The smallest absolute Gasteiger partial charge is 0.208 e. The first-order chi connectivity index (χ1) is 24.6. The van der Waals surface area contributed by atoms with E-state index in [1.54, 1.807) is 27.4 Å². The number of ketones is 1. The van der Waals surface area contributed by atoms with E-state index in [0.29, 0.717) is 57.8 Å². The predicted octanol–water partition coefficient (Wildman–Crippen LogP) is 10.1. The Labute approximate surface area is 320 Å². The summed E-state index contributed by atoms with van der Waals surface area (Å²) in [5.74, 6) is 3.00. The molecule has 1 aromatic heterocycles. The van der Waals surface area contributed by atoms with Gasteiger partial charge in [-0.15, -0.1) is 0 Å². The third kappa shape index (κ3) is 12.3. The highest BCUT2D eigenvalue weighted by Crippen LogP contribution is 2.44. The highest BCUT2D eigenvalue weighted by atomic mass is 16.7. The molecule has 9 unspecified atom stereocenters. The number of benzene rings is 1. The molecule has 1 aromatic carbocycles. The molecule has 1 fully saturated rings. The van der Waals surface area contributed by atoms with Gasteiger partial charge in [-0.05, 0) is 65.2 Å². The molecule has 3 rings (SSSR count). The molecule has 53 heavy (non-hydrogen) atoms. The van der Waals surface area contributed by atoms with Gasteiger partial charge in [0.2, 0.25) is 12.0 Å². The van der Waals surface area contributed by atoms with Gasteiger partial charge in [0.05, 0.1) is 32.5 Å². The van der Waals surface area contributed by atoms with Crippen LogP contribution in [0.15, 0.2) is 51.2 Å². The van der Waals surface area contributed by atoms with Crippen molar-refractivity contribution in [1.82, 2.24) is 0 Å². The Morgan fingerprint density at radius 1 is 0.943 bits per heavy atom. The zero-order valence-electron chi connectivity index (χ0n) is 34.5. The molecule has 0 amide bonds. The summed E-state index contributed by atoms with van der Waals surface area (Å²) in [6.45, 7) is 22.0. The van der Waals surface area contributed by atoms with Crippen LogP contribution in [0.2, 0.25) is 0 Å². The molecule has 2 aromatic rings. The number of carbonyl (C=O) groups is 1. The van der Waals surface area contributed by atoms with Gasteiger partial charge in [-0.25, -0.2) is 0 Å². The summed E-state index contributed by atoms with van der Waals surface area (Å²) in [7, 11) is 6.57. The first-order valence-corrected chi connectivity index (χ1v) is 18.7. The van der Waals surface area contributed by atoms with Gasteiger partial charge in [0.25, 0.3) is 0 Å². The highest BCUT2D eigenvalue weighted by molar-refractivity contribution is 5.91. The molecular formula is C44H70O9. The third-order valence-electron chi connectivity index (χ3n) is 10.6. The molecule has 300 valence electrons. The summed E-state index contributed by atoms with van der Waals surface area (Å²) >= 11 is 0. The van der Waals surface area contributed by atoms with Gasteiger partial charge in [-0.2, -0.15) is 0 Å². The molecule has 1 saturated heterocycles. The van der Waals surface area contributed by atoms with Crippen molar-refractivity contribution in [3.8, 4) is 17.2 Å². The number of hydrogen-bond acceptors (Lipinski definition) is 9. The van der Waals surface area contributed by atoms with Crippen LogP contribution in [0.4, 0.5) is 0 Å². The van der Waals surface area contributed by atoms with Crippen molar-refractivity contribution in [2.24, 2.45) is 29.6 Å². The Hall–Kier alpha value is -3.40. The number of methoxy groups -OCH3 is 4. The highest BCUT2D eigenvalue weighted by Gasteiger charge is 2.40. The molecule has 2 heterocycles. The van der Waals surface area contributed by atoms with Crippen molar-refractivity contribution in [3.05, 3.63) is 63.6 Å².